The second-order valence-electron chi connectivity index (χ2n) is 8.77. The van der Waals surface area contributed by atoms with Crippen molar-refractivity contribution in [3.05, 3.63) is 99.7 Å². The molecule has 0 saturated heterocycles. The van der Waals surface area contributed by atoms with Gasteiger partial charge in [0.2, 0.25) is 0 Å². The Kier molecular flexibility index (Phi) is 6.12. The van der Waals surface area contributed by atoms with Crippen LogP contribution in [0.3, 0.4) is 0 Å². The van der Waals surface area contributed by atoms with Crippen LogP contribution in [0.15, 0.2) is 77.4 Å². The summed E-state index contributed by atoms with van der Waals surface area (Å²) in [4.78, 5) is 24.0. The fraction of sp³-hybridized carbons (Fsp3) is 0.185. The highest BCUT2D eigenvalue weighted by molar-refractivity contribution is 9.10. The lowest BCUT2D eigenvalue weighted by Gasteiger charge is -2.19. The minimum atomic E-state index is -4.42. The van der Waals surface area contributed by atoms with Crippen LogP contribution in [-0.4, -0.2) is 16.9 Å². The topological polar surface area (TPSA) is 60.3 Å². The van der Waals surface area contributed by atoms with Gasteiger partial charge in [-0.25, -0.2) is 0 Å². The molecular weight excluding hydrogens is 537 g/mol. The average molecular weight is 557 g/mol. The van der Waals surface area contributed by atoms with E-state index in [1.807, 2.05) is 35.0 Å². The molecule has 184 valence electrons. The van der Waals surface area contributed by atoms with E-state index in [-0.39, 0.29) is 12.5 Å². The molecule has 1 heterocycles. The molecule has 1 amide bonds. The molecular formula is C27H20BrF3N2O3. The second-order valence-corrected chi connectivity index (χ2v) is 9.62. The molecule has 1 aliphatic rings. The quantitative estimate of drug-likeness (QED) is 0.267. The number of nitrogens with one attached hydrogen (secondary N) is 1. The van der Waals surface area contributed by atoms with Crippen LogP contribution in [0.25, 0.3) is 10.9 Å². The van der Waals surface area contributed by atoms with Crippen molar-refractivity contribution in [1.29, 1.82) is 0 Å². The zero-order valence-corrected chi connectivity index (χ0v) is 20.4. The zero-order valence-electron chi connectivity index (χ0n) is 18.8. The van der Waals surface area contributed by atoms with Crippen LogP contribution in [0, 0.1) is 0 Å². The molecule has 1 saturated carbocycles. The number of carbonyl (C=O) groups excluding carboxylic acids is 2. The van der Waals surface area contributed by atoms with Crippen molar-refractivity contribution in [2.75, 3.05) is 0 Å². The SMILES string of the molecule is O=COc1ccc(C2(NC(=O)c3cccc4ccn(Cc5ccc(C(F)(F)F)cc5Br)c34)CC2)cc1. The molecule has 3 aromatic carbocycles. The van der Waals surface area contributed by atoms with Crippen LogP contribution >= 0.6 is 15.9 Å². The molecule has 1 fully saturated rings. The summed E-state index contributed by atoms with van der Waals surface area (Å²) in [5.41, 5.74) is 1.54. The fourth-order valence-corrected chi connectivity index (χ4v) is 4.92. The molecule has 1 N–H and O–H groups in total. The third-order valence-corrected chi connectivity index (χ3v) is 7.19. The summed E-state index contributed by atoms with van der Waals surface area (Å²) in [6.07, 6.45) is -1.04. The Hall–Kier alpha value is -3.59. The standard InChI is InChI=1S/C27H20BrF3N2O3/c28-23-14-20(27(29,30)31)5-4-18(23)15-33-13-10-17-2-1-3-22(24(17)33)25(35)32-26(11-12-26)19-6-8-21(9-7-19)36-16-34/h1-10,13-14,16H,11-12,15H2,(H,32,35). The Morgan fingerprint density at radius 2 is 1.83 bits per heavy atom. The number of nitrogens with zero attached hydrogens (tertiary/aromatic N) is 1. The van der Waals surface area contributed by atoms with Gasteiger partial charge in [-0.05, 0) is 60.4 Å². The fourth-order valence-electron chi connectivity index (χ4n) is 4.42. The molecule has 0 aliphatic heterocycles. The Balaban J connectivity index is 1.43. The first-order valence-electron chi connectivity index (χ1n) is 11.2. The second kappa shape index (κ2) is 9.13. The van der Waals surface area contributed by atoms with Crippen LogP contribution in [0.5, 0.6) is 5.75 Å². The van der Waals surface area contributed by atoms with Crippen LogP contribution in [0.2, 0.25) is 0 Å². The zero-order chi connectivity index (χ0) is 25.5. The maximum absolute atomic E-state index is 13.5. The lowest BCUT2D eigenvalue weighted by atomic mass is 10.0. The summed E-state index contributed by atoms with van der Waals surface area (Å²) in [7, 11) is 0. The highest BCUT2D eigenvalue weighted by Crippen LogP contribution is 2.46. The van der Waals surface area contributed by atoms with Crippen molar-refractivity contribution in [1.82, 2.24) is 9.88 Å². The molecule has 36 heavy (non-hydrogen) atoms. The van der Waals surface area contributed by atoms with E-state index < -0.39 is 17.3 Å². The smallest absolute Gasteiger partial charge is 0.416 e. The molecule has 0 spiro atoms. The number of hydrogen-bond acceptors (Lipinski definition) is 3. The number of rotatable bonds is 7. The summed E-state index contributed by atoms with van der Waals surface area (Å²) in [5.74, 6) is 0.186. The number of aromatic nitrogens is 1. The number of halogens is 4. The summed E-state index contributed by atoms with van der Waals surface area (Å²) >= 11 is 3.26. The van der Waals surface area contributed by atoms with E-state index in [1.165, 1.54) is 6.07 Å². The van der Waals surface area contributed by atoms with Gasteiger partial charge in [0.25, 0.3) is 12.4 Å². The first kappa shape index (κ1) is 24.1. The third-order valence-electron chi connectivity index (χ3n) is 6.45. The maximum atomic E-state index is 13.5. The van der Waals surface area contributed by atoms with Gasteiger partial charge in [0.1, 0.15) is 5.75 Å². The van der Waals surface area contributed by atoms with Gasteiger partial charge in [-0.15, -0.1) is 0 Å². The number of alkyl halides is 3. The number of para-hydroxylation sites is 1. The minimum Gasteiger partial charge on any atom is -0.429 e. The average Bonchev–Trinajstić information content (AvgIpc) is 3.51. The molecule has 9 heteroatoms. The molecule has 5 rings (SSSR count). The Labute approximate surface area is 213 Å². The molecule has 0 bridgehead atoms. The lowest BCUT2D eigenvalue weighted by molar-refractivity contribution is -0.137. The Bertz CT molecular complexity index is 1460. The molecule has 0 atom stereocenters. The van der Waals surface area contributed by atoms with Gasteiger partial charge in [-0.3, -0.25) is 9.59 Å². The molecule has 0 unspecified atom stereocenters. The summed E-state index contributed by atoms with van der Waals surface area (Å²) in [5, 5.41) is 4.02. The minimum absolute atomic E-state index is 0.238. The monoisotopic (exact) mass is 556 g/mol. The van der Waals surface area contributed by atoms with Crippen LogP contribution < -0.4 is 10.1 Å². The first-order valence-corrected chi connectivity index (χ1v) is 12.0. The molecule has 1 aromatic heterocycles. The van der Waals surface area contributed by atoms with Crippen molar-refractivity contribution in [3.63, 3.8) is 0 Å². The van der Waals surface area contributed by atoms with E-state index in [0.29, 0.717) is 33.3 Å². The van der Waals surface area contributed by atoms with E-state index in [0.717, 1.165) is 35.9 Å². The van der Waals surface area contributed by atoms with Crippen molar-refractivity contribution >= 4 is 39.2 Å². The summed E-state index contributed by atoms with van der Waals surface area (Å²) < 4.78 is 46.2. The van der Waals surface area contributed by atoms with E-state index in [2.05, 4.69) is 21.2 Å². The predicted octanol–water partition coefficient (Wildman–Crippen LogP) is 6.43. The highest BCUT2D eigenvalue weighted by Gasteiger charge is 2.46. The third kappa shape index (κ3) is 4.63. The highest BCUT2D eigenvalue weighted by atomic mass is 79.9. The predicted molar refractivity (Wildman–Crippen MR) is 132 cm³/mol. The number of carbonyl (C=O) groups is 2. The van der Waals surface area contributed by atoms with Gasteiger partial charge in [0.15, 0.2) is 0 Å². The summed E-state index contributed by atoms with van der Waals surface area (Å²) in [6.45, 7) is 0.651. The van der Waals surface area contributed by atoms with E-state index in [1.54, 1.807) is 24.3 Å². The van der Waals surface area contributed by atoms with Gasteiger partial charge in [-0.2, -0.15) is 13.2 Å². The first-order chi connectivity index (χ1) is 17.2. The van der Waals surface area contributed by atoms with Gasteiger partial charge in [-0.1, -0.05) is 46.3 Å². The van der Waals surface area contributed by atoms with Crippen molar-refractivity contribution in [3.8, 4) is 5.75 Å². The van der Waals surface area contributed by atoms with E-state index in [9.17, 15) is 22.8 Å². The van der Waals surface area contributed by atoms with Crippen LogP contribution in [0.1, 0.15) is 39.9 Å². The van der Waals surface area contributed by atoms with Crippen molar-refractivity contribution in [2.45, 2.75) is 31.1 Å². The molecule has 4 aromatic rings. The molecule has 0 radical (unpaired) electrons. The van der Waals surface area contributed by atoms with E-state index in [4.69, 9.17) is 4.74 Å². The van der Waals surface area contributed by atoms with Gasteiger partial charge in [0, 0.05) is 22.6 Å². The van der Waals surface area contributed by atoms with Crippen molar-refractivity contribution < 1.29 is 27.5 Å². The van der Waals surface area contributed by atoms with Gasteiger partial charge in [0.05, 0.1) is 22.2 Å². The Morgan fingerprint density at radius 1 is 1.08 bits per heavy atom. The Morgan fingerprint density at radius 3 is 2.47 bits per heavy atom. The largest absolute Gasteiger partial charge is 0.429 e. The number of benzene rings is 3. The maximum Gasteiger partial charge on any atom is 0.416 e. The van der Waals surface area contributed by atoms with Gasteiger partial charge >= 0.3 is 6.18 Å². The summed E-state index contributed by atoms with van der Waals surface area (Å²) in [6, 6.07) is 17.9. The van der Waals surface area contributed by atoms with E-state index >= 15 is 0 Å². The van der Waals surface area contributed by atoms with Gasteiger partial charge < -0.3 is 14.6 Å². The normalized spacial score (nSPS) is 14.4. The number of fused-ring (bicyclic) bond motifs is 1. The van der Waals surface area contributed by atoms with Crippen LogP contribution in [0.4, 0.5) is 13.2 Å². The van der Waals surface area contributed by atoms with Crippen molar-refractivity contribution in [2.24, 2.45) is 0 Å². The lowest BCUT2D eigenvalue weighted by Crippen LogP contribution is -2.35. The molecule has 1 aliphatic carbocycles. The van der Waals surface area contributed by atoms with Crippen LogP contribution in [-0.2, 0) is 23.1 Å². The number of ether oxygens (including phenoxy) is 1. The molecule has 5 nitrogen and oxygen atoms in total. The number of amides is 1. The number of hydrogen-bond donors (Lipinski definition) is 1.